The van der Waals surface area contributed by atoms with Gasteiger partial charge in [-0.15, -0.1) is 0 Å². The molecule has 1 atom stereocenters. The van der Waals surface area contributed by atoms with Crippen molar-refractivity contribution in [2.45, 2.75) is 32.8 Å². The minimum Gasteiger partial charge on any atom is -0.374 e. The third-order valence-corrected chi connectivity index (χ3v) is 2.67. The summed E-state index contributed by atoms with van der Waals surface area (Å²) >= 11 is 0. The molecule has 1 saturated heterocycles. The monoisotopic (exact) mass is 200 g/mol. The first kappa shape index (κ1) is 12.0. The number of unbranched alkanes of at least 4 members (excludes halogenated alkanes) is 1. The van der Waals surface area contributed by atoms with Gasteiger partial charge < -0.3 is 10.1 Å². The highest BCUT2D eigenvalue weighted by Gasteiger charge is 2.18. The maximum atomic E-state index is 5.69. The molecule has 1 heterocycles. The van der Waals surface area contributed by atoms with Crippen LogP contribution in [0, 0.1) is 0 Å². The average molecular weight is 200 g/mol. The topological polar surface area (TPSA) is 24.5 Å². The van der Waals surface area contributed by atoms with Crippen LogP contribution in [0.15, 0.2) is 0 Å². The van der Waals surface area contributed by atoms with Gasteiger partial charge in [0.25, 0.3) is 0 Å². The van der Waals surface area contributed by atoms with Gasteiger partial charge >= 0.3 is 0 Å². The molecule has 0 bridgehead atoms. The lowest BCUT2D eigenvalue weighted by Crippen LogP contribution is -2.46. The van der Waals surface area contributed by atoms with Crippen molar-refractivity contribution in [2.24, 2.45) is 0 Å². The summed E-state index contributed by atoms with van der Waals surface area (Å²) in [6, 6.07) is 0. The van der Waals surface area contributed by atoms with Crippen LogP contribution in [0.2, 0.25) is 0 Å². The number of likely N-dealkylation sites (N-methyl/N-ethyl adjacent to an activating group) is 1. The van der Waals surface area contributed by atoms with Gasteiger partial charge in [0.2, 0.25) is 0 Å². The number of hydrogen-bond donors (Lipinski definition) is 1. The van der Waals surface area contributed by atoms with Crippen LogP contribution in [0.25, 0.3) is 0 Å². The molecule has 0 radical (unpaired) electrons. The Kier molecular flexibility index (Phi) is 6.15. The first-order valence-electron chi connectivity index (χ1n) is 5.91. The van der Waals surface area contributed by atoms with E-state index in [0.717, 1.165) is 32.8 Å². The van der Waals surface area contributed by atoms with Crippen molar-refractivity contribution in [2.75, 3.05) is 39.3 Å². The van der Waals surface area contributed by atoms with E-state index in [0.29, 0.717) is 6.10 Å². The molecule has 1 fully saturated rings. The predicted molar refractivity (Wildman–Crippen MR) is 59.6 cm³/mol. The normalized spacial score (nSPS) is 24.0. The Morgan fingerprint density at radius 3 is 3.00 bits per heavy atom. The van der Waals surface area contributed by atoms with E-state index in [-0.39, 0.29) is 0 Å². The molecular formula is C11H24N2O. The SMILES string of the molecule is CCCCN1CCO[C@@H](CNCC)C1. The van der Waals surface area contributed by atoms with Gasteiger partial charge in [-0.1, -0.05) is 20.3 Å². The highest BCUT2D eigenvalue weighted by atomic mass is 16.5. The summed E-state index contributed by atoms with van der Waals surface area (Å²) in [7, 11) is 0. The maximum Gasteiger partial charge on any atom is 0.0826 e. The van der Waals surface area contributed by atoms with Gasteiger partial charge in [-0.3, -0.25) is 4.90 Å². The minimum absolute atomic E-state index is 0.403. The van der Waals surface area contributed by atoms with Gasteiger partial charge in [0.15, 0.2) is 0 Å². The molecule has 1 aliphatic rings. The van der Waals surface area contributed by atoms with Crippen molar-refractivity contribution in [3.63, 3.8) is 0 Å². The van der Waals surface area contributed by atoms with E-state index in [1.165, 1.54) is 19.4 Å². The molecule has 3 nitrogen and oxygen atoms in total. The van der Waals surface area contributed by atoms with Crippen molar-refractivity contribution < 1.29 is 4.74 Å². The number of morpholine rings is 1. The number of nitrogens with zero attached hydrogens (tertiary/aromatic N) is 1. The summed E-state index contributed by atoms with van der Waals surface area (Å²) in [5.74, 6) is 0. The molecule has 3 heteroatoms. The Labute approximate surface area is 87.8 Å². The zero-order chi connectivity index (χ0) is 10.2. The molecule has 0 saturated carbocycles. The van der Waals surface area contributed by atoms with E-state index in [2.05, 4.69) is 24.1 Å². The largest absolute Gasteiger partial charge is 0.374 e. The van der Waals surface area contributed by atoms with E-state index in [4.69, 9.17) is 4.74 Å². The second kappa shape index (κ2) is 7.21. The molecule has 1 aliphatic heterocycles. The summed E-state index contributed by atoms with van der Waals surface area (Å²) in [6.07, 6.45) is 3.00. The van der Waals surface area contributed by atoms with Crippen LogP contribution in [0.1, 0.15) is 26.7 Å². The van der Waals surface area contributed by atoms with Crippen LogP contribution in [0.3, 0.4) is 0 Å². The van der Waals surface area contributed by atoms with Crippen LogP contribution in [-0.2, 0) is 4.74 Å². The fourth-order valence-corrected chi connectivity index (χ4v) is 1.79. The molecule has 0 aromatic carbocycles. The van der Waals surface area contributed by atoms with Crippen molar-refractivity contribution in [1.82, 2.24) is 10.2 Å². The summed E-state index contributed by atoms with van der Waals surface area (Å²) in [4.78, 5) is 2.52. The Morgan fingerprint density at radius 2 is 2.29 bits per heavy atom. The lowest BCUT2D eigenvalue weighted by atomic mass is 10.2. The number of hydrogen-bond acceptors (Lipinski definition) is 3. The van der Waals surface area contributed by atoms with Gasteiger partial charge in [0, 0.05) is 19.6 Å². The number of rotatable bonds is 6. The summed E-state index contributed by atoms with van der Waals surface area (Å²) in [6.45, 7) is 10.8. The van der Waals surface area contributed by atoms with E-state index in [1.54, 1.807) is 0 Å². The van der Waals surface area contributed by atoms with E-state index >= 15 is 0 Å². The van der Waals surface area contributed by atoms with Crippen molar-refractivity contribution in [3.8, 4) is 0 Å². The van der Waals surface area contributed by atoms with Crippen molar-refractivity contribution in [3.05, 3.63) is 0 Å². The highest BCUT2D eigenvalue weighted by Crippen LogP contribution is 2.05. The van der Waals surface area contributed by atoms with Gasteiger partial charge in [-0.2, -0.15) is 0 Å². The molecule has 14 heavy (non-hydrogen) atoms. The van der Waals surface area contributed by atoms with Crippen LogP contribution in [0.4, 0.5) is 0 Å². The second-order valence-corrected chi connectivity index (χ2v) is 3.95. The van der Waals surface area contributed by atoms with E-state index in [1.807, 2.05) is 0 Å². The molecule has 0 aromatic rings. The fourth-order valence-electron chi connectivity index (χ4n) is 1.79. The number of nitrogens with one attached hydrogen (secondary N) is 1. The Morgan fingerprint density at radius 1 is 1.43 bits per heavy atom. The van der Waals surface area contributed by atoms with Gasteiger partial charge in [0.05, 0.1) is 12.7 Å². The third kappa shape index (κ3) is 4.40. The number of ether oxygens (including phenoxy) is 1. The van der Waals surface area contributed by atoms with Crippen LogP contribution in [-0.4, -0.2) is 50.3 Å². The smallest absolute Gasteiger partial charge is 0.0826 e. The zero-order valence-electron chi connectivity index (χ0n) is 9.59. The Hall–Kier alpha value is -0.120. The van der Waals surface area contributed by atoms with E-state index < -0.39 is 0 Å². The molecule has 0 aromatic heterocycles. The predicted octanol–water partition coefficient (Wildman–Crippen LogP) is 1.10. The van der Waals surface area contributed by atoms with E-state index in [9.17, 15) is 0 Å². The molecular weight excluding hydrogens is 176 g/mol. The molecule has 1 N–H and O–H groups in total. The van der Waals surface area contributed by atoms with Crippen LogP contribution in [0.5, 0.6) is 0 Å². The lowest BCUT2D eigenvalue weighted by molar-refractivity contribution is -0.0270. The lowest BCUT2D eigenvalue weighted by Gasteiger charge is -2.32. The van der Waals surface area contributed by atoms with Crippen LogP contribution >= 0.6 is 0 Å². The van der Waals surface area contributed by atoms with Gasteiger partial charge in [-0.05, 0) is 19.5 Å². The Bertz CT molecular complexity index is 127. The standard InChI is InChI=1S/C11H24N2O/c1-3-5-6-13-7-8-14-11(10-13)9-12-4-2/h11-12H,3-10H2,1-2H3/t11-/m0/s1. The van der Waals surface area contributed by atoms with Gasteiger partial charge in [0.1, 0.15) is 0 Å². The third-order valence-electron chi connectivity index (χ3n) is 2.67. The summed E-state index contributed by atoms with van der Waals surface area (Å²) < 4.78 is 5.69. The zero-order valence-corrected chi connectivity index (χ0v) is 9.59. The van der Waals surface area contributed by atoms with Crippen LogP contribution < -0.4 is 5.32 Å². The molecule has 0 unspecified atom stereocenters. The molecule has 0 aliphatic carbocycles. The van der Waals surface area contributed by atoms with Crippen molar-refractivity contribution >= 4 is 0 Å². The minimum atomic E-state index is 0.403. The molecule has 84 valence electrons. The summed E-state index contributed by atoms with van der Waals surface area (Å²) in [5.41, 5.74) is 0. The average Bonchev–Trinajstić information content (AvgIpc) is 2.24. The Balaban J connectivity index is 2.14. The van der Waals surface area contributed by atoms with Gasteiger partial charge in [-0.25, -0.2) is 0 Å². The quantitative estimate of drug-likeness (QED) is 0.695. The second-order valence-electron chi connectivity index (χ2n) is 3.95. The molecule has 0 amide bonds. The first-order chi connectivity index (χ1) is 6.86. The fraction of sp³-hybridized carbons (Fsp3) is 1.00. The highest BCUT2D eigenvalue weighted by molar-refractivity contribution is 4.72. The molecule has 1 rings (SSSR count). The molecule has 0 spiro atoms. The van der Waals surface area contributed by atoms with Crippen molar-refractivity contribution in [1.29, 1.82) is 0 Å². The summed E-state index contributed by atoms with van der Waals surface area (Å²) in [5, 5.41) is 3.34. The maximum absolute atomic E-state index is 5.69. The first-order valence-corrected chi connectivity index (χ1v) is 5.91.